The van der Waals surface area contributed by atoms with E-state index in [4.69, 9.17) is 16.6 Å². The highest BCUT2D eigenvalue weighted by atomic mass is 79.9. The summed E-state index contributed by atoms with van der Waals surface area (Å²) in [5, 5.41) is 7.15. The zero-order valence-electron chi connectivity index (χ0n) is 14.6. The van der Waals surface area contributed by atoms with Crippen molar-refractivity contribution in [1.82, 2.24) is 14.9 Å². The lowest BCUT2D eigenvalue weighted by molar-refractivity contribution is 0.522. The average molecular weight is 441 g/mol. The molecule has 0 bridgehead atoms. The maximum atomic E-state index is 6.02. The second-order valence-electron chi connectivity index (χ2n) is 6.11. The average Bonchev–Trinajstić information content (AvgIpc) is 3.27. The maximum Gasteiger partial charge on any atom is 0.214 e. The van der Waals surface area contributed by atoms with Crippen LogP contribution in [0, 0.1) is 11.7 Å². The number of rotatable bonds is 5. The summed E-state index contributed by atoms with van der Waals surface area (Å²) in [4.78, 5) is 0. The minimum absolute atomic E-state index is 0.489. The molecule has 0 saturated heterocycles. The molecule has 0 saturated carbocycles. The number of H-pyrrole nitrogens is 1. The second kappa shape index (κ2) is 7.54. The van der Waals surface area contributed by atoms with E-state index in [1.54, 1.807) is 4.68 Å². The van der Waals surface area contributed by atoms with E-state index >= 15 is 0 Å². The molecule has 2 aromatic heterocycles. The van der Waals surface area contributed by atoms with Crippen LogP contribution in [-0.2, 0) is 6.54 Å². The van der Waals surface area contributed by atoms with Crippen molar-refractivity contribution < 1.29 is 4.42 Å². The summed E-state index contributed by atoms with van der Waals surface area (Å²) in [6.45, 7) is 2.56. The molecule has 5 nitrogen and oxygen atoms in total. The Hall–Kier alpha value is -2.64. The van der Waals surface area contributed by atoms with E-state index in [1.807, 2.05) is 48.5 Å². The van der Waals surface area contributed by atoms with Gasteiger partial charge in [0.15, 0.2) is 5.82 Å². The third-order valence-electron chi connectivity index (χ3n) is 4.23. The first-order chi connectivity index (χ1) is 13.1. The molecule has 7 heteroatoms. The topological polar surface area (TPSA) is 58.8 Å². The molecule has 136 valence electrons. The van der Waals surface area contributed by atoms with Crippen molar-refractivity contribution in [2.45, 2.75) is 13.5 Å². The van der Waals surface area contributed by atoms with Gasteiger partial charge in [0.1, 0.15) is 11.5 Å². The number of aryl methyl sites for hydroxylation is 1. The zero-order valence-corrected chi connectivity index (χ0v) is 17.0. The van der Waals surface area contributed by atoms with Crippen LogP contribution in [0.5, 0.6) is 0 Å². The molecule has 0 aliphatic carbocycles. The molecule has 0 spiro atoms. The first kappa shape index (κ1) is 17.8. The van der Waals surface area contributed by atoms with Crippen molar-refractivity contribution in [2.75, 3.05) is 5.43 Å². The number of hydrogen-bond acceptors (Lipinski definition) is 4. The smallest absolute Gasteiger partial charge is 0.214 e. The SMILES string of the molecule is Cc1cc(Br)ccc1-c1ccc(CNn2c(-c3ccccc3)n[nH]c2=S)o1. The Labute approximate surface area is 170 Å². The minimum atomic E-state index is 0.489. The fraction of sp³-hybridized carbons (Fsp3) is 0.100. The van der Waals surface area contributed by atoms with E-state index in [2.05, 4.69) is 50.6 Å². The monoisotopic (exact) mass is 440 g/mol. The number of nitrogens with zero attached hydrogens (tertiary/aromatic N) is 2. The quantitative estimate of drug-likeness (QED) is 0.391. The molecule has 0 atom stereocenters. The Kier molecular flexibility index (Phi) is 4.96. The molecule has 4 aromatic rings. The molecule has 0 aliphatic heterocycles. The Bertz CT molecular complexity index is 1130. The Morgan fingerprint density at radius 3 is 2.74 bits per heavy atom. The fourth-order valence-corrected chi connectivity index (χ4v) is 3.57. The van der Waals surface area contributed by atoms with Gasteiger partial charge in [-0.25, -0.2) is 9.77 Å². The van der Waals surface area contributed by atoms with Gasteiger partial charge in [0.25, 0.3) is 0 Å². The molecule has 0 fully saturated rings. The predicted molar refractivity (Wildman–Crippen MR) is 112 cm³/mol. The Morgan fingerprint density at radius 1 is 1.15 bits per heavy atom. The highest BCUT2D eigenvalue weighted by Gasteiger charge is 2.11. The summed E-state index contributed by atoms with van der Waals surface area (Å²) in [5.74, 6) is 2.39. The third kappa shape index (κ3) is 3.74. The van der Waals surface area contributed by atoms with Gasteiger partial charge in [-0.05, 0) is 55.0 Å². The standard InChI is InChI=1S/C20H17BrN4OS/c1-13-11-15(21)7-9-17(13)18-10-8-16(26-18)12-22-25-19(23-24-20(25)27)14-5-3-2-4-6-14/h2-11,22H,12H2,1H3,(H,24,27). The number of halogens is 1. The largest absolute Gasteiger partial charge is 0.459 e. The van der Waals surface area contributed by atoms with Crippen LogP contribution in [0.25, 0.3) is 22.7 Å². The van der Waals surface area contributed by atoms with E-state index in [-0.39, 0.29) is 0 Å². The van der Waals surface area contributed by atoms with Crippen LogP contribution in [-0.4, -0.2) is 14.9 Å². The molecule has 4 rings (SSSR count). The van der Waals surface area contributed by atoms with E-state index in [1.165, 1.54) is 0 Å². The van der Waals surface area contributed by atoms with Crippen molar-refractivity contribution in [2.24, 2.45) is 0 Å². The molecule has 0 aliphatic rings. The van der Waals surface area contributed by atoms with E-state index < -0.39 is 0 Å². The van der Waals surface area contributed by atoms with Gasteiger partial charge < -0.3 is 9.84 Å². The van der Waals surface area contributed by atoms with Gasteiger partial charge in [-0.3, -0.25) is 0 Å². The van der Waals surface area contributed by atoms with Crippen LogP contribution < -0.4 is 5.43 Å². The van der Waals surface area contributed by atoms with Gasteiger partial charge in [-0.2, -0.15) is 5.10 Å². The minimum Gasteiger partial charge on any atom is -0.459 e. The van der Waals surface area contributed by atoms with Gasteiger partial charge in [-0.1, -0.05) is 46.3 Å². The summed E-state index contributed by atoms with van der Waals surface area (Å²) in [5.41, 5.74) is 6.49. The molecule has 2 aromatic carbocycles. The molecule has 2 N–H and O–H groups in total. The van der Waals surface area contributed by atoms with Gasteiger partial charge in [0.2, 0.25) is 4.77 Å². The Morgan fingerprint density at radius 2 is 1.96 bits per heavy atom. The van der Waals surface area contributed by atoms with Crippen LogP contribution in [0.1, 0.15) is 11.3 Å². The van der Waals surface area contributed by atoms with Crippen molar-refractivity contribution >= 4 is 28.1 Å². The lowest BCUT2D eigenvalue weighted by Gasteiger charge is -2.09. The van der Waals surface area contributed by atoms with E-state index in [9.17, 15) is 0 Å². The lowest BCUT2D eigenvalue weighted by atomic mass is 10.1. The lowest BCUT2D eigenvalue weighted by Crippen LogP contribution is -2.15. The normalized spacial score (nSPS) is 10.9. The van der Waals surface area contributed by atoms with Crippen LogP contribution in [0.15, 0.2) is 69.6 Å². The van der Waals surface area contributed by atoms with Crippen LogP contribution >= 0.6 is 28.1 Å². The van der Waals surface area contributed by atoms with Gasteiger partial charge >= 0.3 is 0 Å². The first-order valence-electron chi connectivity index (χ1n) is 8.44. The summed E-state index contributed by atoms with van der Waals surface area (Å²) in [6, 6.07) is 20.0. The predicted octanol–water partition coefficient (Wildman–Crippen LogP) is 5.68. The number of furan rings is 1. The molecule has 2 heterocycles. The molecule has 0 unspecified atom stereocenters. The summed E-state index contributed by atoms with van der Waals surface area (Å²) in [7, 11) is 0. The maximum absolute atomic E-state index is 6.02. The molecular weight excluding hydrogens is 424 g/mol. The highest BCUT2D eigenvalue weighted by molar-refractivity contribution is 9.10. The summed E-state index contributed by atoms with van der Waals surface area (Å²) < 4.78 is 9.34. The van der Waals surface area contributed by atoms with Crippen molar-refractivity contribution in [3.05, 3.63) is 81.2 Å². The zero-order chi connectivity index (χ0) is 18.8. The van der Waals surface area contributed by atoms with Crippen molar-refractivity contribution in [3.8, 4) is 22.7 Å². The van der Waals surface area contributed by atoms with E-state index in [0.717, 1.165) is 38.5 Å². The number of benzene rings is 2. The molecular formula is C20H17BrN4OS. The highest BCUT2D eigenvalue weighted by Crippen LogP contribution is 2.28. The van der Waals surface area contributed by atoms with Crippen LogP contribution in [0.4, 0.5) is 0 Å². The molecule has 0 amide bonds. The molecule has 0 radical (unpaired) electrons. The summed E-state index contributed by atoms with van der Waals surface area (Å²) in [6.07, 6.45) is 0. The third-order valence-corrected chi connectivity index (χ3v) is 5.00. The van der Waals surface area contributed by atoms with E-state index in [0.29, 0.717) is 11.3 Å². The summed E-state index contributed by atoms with van der Waals surface area (Å²) >= 11 is 8.84. The van der Waals surface area contributed by atoms with Crippen LogP contribution in [0.2, 0.25) is 0 Å². The van der Waals surface area contributed by atoms with Crippen LogP contribution in [0.3, 0.4) is 0 Å². The van der Waals surface area contributed by atoms with Gasteiger partial charge in [0, 0.05) is 15.6 Å². The Balaban J connectivity index is 1.55. The van der Waals surface area contributed by atoms with Crippen molar-refractivity contribution in [3.63, 3.8) is 0 Å². The number of hydrogen-bond donors (Lipinski definition) is 2. The van der Waals surface area contributed by atoms with Gasteiger partial charge in [0.05, 0.1) is 6.54 Å². The van der Waals surface area contributed by atoms with Gasteiger partial charge in [-0.15, -0.1) is 0 Å². The van der Waals surface area contributed by atoms with Crippen molar-refractivity contribution in [1.29, 1.82) is 0 Å². The molecule has 27 heavy (non-hydrogen) atoms. The number of aromatic amines is 1. The second-order valence-corrected chi connectivity index (χ2v) is 7.42. The number of aromatic nitrogens is 3. The fourth-order valence-electron chi connectivity index (χ4n) is 2.90. The first-order valence-corrected chi connectivity index (χ1v) is 9.64. The number of nitrogens with one attached hydrogen (secondary N) is 2.